The molecule has 0 radical (unpaired) electrons. The highest BCUT2D eigenvalue weighted by Crippen LogP contribution is 2.19. The van der Waals surface area contributed by atoms with Gasteiger partial charge in [0.15, 0.2) is 10.9 Å². The van der Waals surface area contributed by atoms with Crippen molar-refractivity contribution in [2.75, 3.05) is 0 Å². The van der Waals surface area contributed by atoms with E-state index in [1.54, 1.807) is 42.5 Å². The van der Waals surface area contributed by atoms with Crippen molar-refractivity contribution in [1.29, 1.82) is 0 Å². The Kier molecular flexibility index (Phi) is 4.02. The molecule has 0 bridgehead atoms. The molecule has 0 aliphatic carbocycles. The lowest BCUT2D eigenvalue weighted by molar-refractivity contribution is 0.103. The maximum Gasteiger partial charge on any atom is 0.228 e. The van der Waals surface area contributed by atoms with E-state index in [1.165, 1.54) is 18.3 Å². The zero-order chi connectivity index (χ0) is 16.4. The van der Waals surface area contributed by atoms with Crippen molar-refractivity contribution in [3.8, 4) is 0 Å². The van der Waals surface area contributed by atoms with Crippen LogP contribution in [0.2, 0.25) is 5.02 Å². The van der Waals surface area contributed by atoms with Crippen LogP contribution >= 0.6 is 11.6 Å². The fourth-order valence-electron chi connectivity index (χ4n) is 2.02. The number of ketones is 1. The smallest absolute Gasteiger partial charge is 0.228 e. The SMILES string of the molecule is O=C(c1ccc(Cl)cc1)c1nc(S(=O)(=O)c2ccccc2)c[nH]1. The van der Waals surface area contributed by atoms with Crippen molar-refractivity contribution in [1.82, 2.24) is 9.97 Å². The number of nitrogens with one attached hydrogen (secondary N) is 1. The quantitative estimate of drug-likeness (QED) is 0.736. The first kappa shape index (κ1) is 15.5. The fourth-order valence-corrected chi connectivity index (χ4v) is 3.33. The Bertz CT molecular complexity index is 949. The molecule has 0 saturated carbocycles. The van der Waals surface area contributed by atoms with Crippen LogP contribution in [0.5, 0.6) is 0 Å². The van der Waals surface area contributed by atoms with Crippen molar-refractivity contribution in [2.24, 2.45) is 0 Å². The third-order valence-corrected chi connectivity index (χ3v) is 5.11. The van der Waals surface area contributed by atoms with Gasteiger partial charge in [0.25, 0.3) is 0 Å². The second-order valence-electron chi connectivity index (χ2n) is 4.74. The van der Waals surface area contributed by atoms with Gasteiger partial charge in [0, 0.05) is 16.8 Å². The highest BCUT2D eigenvalue weighted by molar-refractivity contribution is 7.91. The number of sulfone groups is 1. The van der Waals surface area contributed by atoms with Gasteiger partial charge in [-0.25, -0.2) is 13.4 Å². The van der Waals surface area contributed by atoms with Crippen LogP contribution in [-0.4, -0.2) is 24.2 Å². The maximum atomic E-state index is 12.4. The Morgan fingerprint density at radius 1 is 1.00 bits per heavy atom. The first-order valence-electron chi connectivity index (χ1n) is 6.64. The number of benzene rings is 2. The Morgan fingerprint density at radius 3 is 2.30 bits per heavy atom. The third-order valence-electron chi connectivity index (χ3n) is 3.20. The Labute approximate surface area is 137 Å². The summed E-state index contributed by atoms with van der Waals surface area (Å²) in [6.45, 7) is 0. The molecule has 0 unspecified atom stereocenters. The Balaban J connectivity index is 1.95. The van der Waals surface area contributed by atoms with Gasteiger partial charge in [0.05, 0.1) is 4.90 Å². The van der Waals surface area contributed by atoms with Crippen molar-refractivity contribution in [3.05, 3.63) is 77.2 Å². The highest BCUT2D eigenvalue weighted by atomic mass is 35.5. The van der Waals surface area contributed by atoms with Gasteiger partial charge in [0.2, 0.25) is 15.6 Å². The molecular formula is C16H11ClN2O3S. The van der Waals surface area contributed by atoms with Gasteiger partial charge < -0.3 is 4.98 Å². The van der Waals surface area contributed by atoms with E-state index in [1.807, 2.05) is 0 Å². The van der Waals surface area contributed by atoms with E-state index in [2.05, 4.69) is 9.97 Å². The molecule has 0 aliphatic rings. The van der Waals surface area contributed by atoms with Gasteiger partial charge in [-0.1, -0.05) is 29.8 Å². The van der Waals surface area contributed by atoms with Crippen molar-refractivity contribution in [3.63, 3.8) is 0 Å². The molecule has 3 aromatic rings. The van der Waals surface area contributed by atoms with Gasteiger partial charge in [-0.2, -0.15) is 0 Å². The van der Waals surface area contributed by atoms with Crippen LogP contribution in [0.25, 0.3) is 0 Å². The molecule has 1 N–H and O–H groups in total. The maximum absolute atomic E-state index is 12.4. The molecule has 3 rings (SSSR count). The van der Waals surface area contributed by atoms with Crippen LogP contribution in [0, 0.1) is 0 Å². The summed E-state index contributed by atoms with van der Waals surface area (Å²) in [5, 5.41) is 0.314. The van der Waals surface area contributed by atoms with E-state index in [9.17, 15) is 13.2 Å². The average Bonchev–Trinajstić information content (AvgIpc) is 3.06. The molecule has 5 nitrogen and oxygen atoms in total. The third kappa shape index (κ3) is 3.04. The molecular weight excluding hydrogens is 336 g/mol. The fraction of sp³-hybridized carbons (Fsp3) is 0. The number of halogens is 1. The molecule has 0 amide bonds. The Morgan fingerprint density at radius 2 is 1.65 bits per heavy atom. The lowest BCUT2D eigenvalue weighted by Crippen LogP contribution is -2.06. The van der Waals surface area contributed by atoms with Crippen LogP contribution in [-0.2, 0) is 9.84 Å². The number of hydrogen-bond donors (Lipinski definition) is 1. The minimum absolute atomic E-state index is 0.0400. The summed E-state index contributed by atoms with van der Waals surface area (Å²) in [7, 11) is -3.76. The molecule has 0 fully saturated rings. The summed E-state index contributed by atoms with van der Waals surface area (Å²) in [5.41, 5.74) is 0.368. The van der Waals surface area contributed by atoms with Crippen LogP contribution in [0.3, 0.4) is 0 Å². The standard InChI is InChI=1S/C16H11ClN2O3S/c17-12-8-6-11(7-9-12)15(20)16-18-10-14(19-16)23(21,22)13-4-2-1-3-5-13/h1-10H,(H,18,19). The van der Waals surface area contributed by atoms with Gasteiger partial charge in [-0.15, -0.1) is 0 Å². The summed E-state index contributed by atoms with van der Waals surface area (Å²) < 4.78 is 24.9. The number of rotatable bonds is 4. The van der Waals surface area contributed by atoms with Crippen molar-refractivity contribution in [2.45, 2.75) is 9.92 Å². The number of H-pyrrole nitrogens is 1. The van der Waals surface area contributed by atoms with Crippen LogP contribution < -0.4 is 0 Å². The molecule has 2 aromatic carbocycles. The lowest BCUT2D eigenvalue weighted by atomic mass is 10.1. The predicted molar refractivity (Wildman–Crippen MR) is 85.4 cm³/mol. The zero-order valence-corrected chi connectivity index (χ0v) is 13.3. The first-order valence-corrected chi connectivity index (χ1v) is 8.50. The lowest BCUT2D eigenvalue weighted by Gasteiger charge is -2.00. The number of hydrogen-bond acceptors (Lipinski definition) is 4. The minimum Gasteiger partial charge on any atom is -0.341 e. The van der Waals surface area contributed by atoms with Crippen molar-refractivity contribution >= 4 is 27.2 Å². The summed E-state index contributed by atoms with van der Waals surface area (Å²) in [6, 6.07) is 14.2. The van der Waals surface area contributed by atoms with E-state index in [4.69, 9.17) is 11.6 Å². The highest BCUT2D eigenvalue weighted by Gasteiger charge is 2.23. The van der Waals surface area contributed by atoms with Gasteiger partial charge in [0.1, 0.15) is 0 Å². The van der Waals surface area contributed by atoms with E-state index in [0.717, 1.165) is 0 Å². The number of carbonyl (C=O) groups excluding carboxylic acids is 1. The van der Waals surface area contributed by atoms with E-state index < -0.39 is 15.6 Å². The minimum atomic E-state index is -3.76. The summed E-state index contributed by atoms with van der Waals surface area (Å²) >= 11 is 5.78. The van der Waals surface area contributed by atoms with Gasteiger partial charge >= 0.3 is 0 Å². The van der Waals surface area contributed by atoms with Crippen molar-refractivity contribution < 1.29 is 13.2 Å². The normalized spacial score (nSPS) is 11.3. The molecule has 0 aliphatic heterocycles. The predicted octanol–water partition coefficient (Wildman–Crippen LogP) is 3.13. The number of aromatic amines is 1. The zero-order valence-electron chi connectivity index (χ0n) is 11.7. The van der Waals surface area contributed by atoms with E-state index in [-0.39, 0.29) is 15.7 Å². The summed E-state index contributed by atoms with van der Waals surface area (Å²) in [5.74, 6) is -0.446. The topological polar surface area (TPSA) is 79.9 Å². The number of carbonyl (C=O) groups is 1. The van der Waals surface area contributed by atoms with Crippen LogP contribution in [0.4, 0.5) is 0 Å². The molecule has 116 valence electrons. The number of nitrogens with zero attached hydrogens (tertiary/aromatic N) is 1. The van der Waals surface area contributed by atoms with Crippen LogP contribution in [0.1, 0.15) is 16.2 Å². The van der Waals surface area contributed by atoms with Crippen LogP contribution in [0.15, 0.2) is 70.7 Å². The summed E-state index contributed by atoms with van der Waals surface area (Å²) in [4.78, 5) is 19.0. The molecule has 0 atom stereocenters. The van der Waals surface area contributed by atoms with E-state index in [0.29, 0.717) is 10.6 Å². The van der Waals surface area contributed by atoms with Gasteiger partial charge in [-0.3, -0.25) is 4.79 Å². The largest absolute Gasteiger partial charge is 0.341 e. The van der Waals surface area contributed by atoms with E-state index >= 15 is 0 Å². The molecule has 0 saturated heterocycles. The molecule has 7 heteroatoms. The number of imidazole rings is 1. The monoisotopic (exact) mass is 346 g/mol. The molecule has 1 aromatic heterocycles. The molecule has 0 spiro atoms. The average molecular weight is 347 g/mol. The molecule has 23 heavy (non-hydrogen) atoms. The number of aromatic nitrogens is 2. The van der Waals surface area contributed by atoms with Gasteiger partial charge in [-0.05, 0) is 36.4 Å². The Hall–Kier alpha value is -2.44. The second-order valence-corrected chi connectivity index (χ2v) is 7.07. The molecule has 1 heterocycles. The summed E-state index contributed by atoms with van der Waals surface area (Å²) in [6.07, 6.45) is 1.21. The first-order chi connectivity index (χ1) is 11.0. The second kappa shape index (κ2) is 5.98.